The van der Waals surface area contributed by atoms with E-state index in [9.17, 15) is 15.0 Å². The Kier molecular flexibility index (Phi) is 6.53. The van der Waals surface area contributed by atoms with Gasteiger partial charge in [0, 0.05) is 19.2 Å². The van der Waals surface area contributed by atoms with Crippen LogP contribution >= 0.6 is 0 Å². The molecule has 1 aromatic heterocycles. The third kappa shape index (κ3) is 4.78. The van der Waals surface area contributed by atoms with E-state index in [0.717, 1.165) is 11.1 Å². The summed E-state index contributed by atoms with van der Waals surface area (Å²) >= 11 is 0. The van der Waals surface area contributed by atoms with Gasteiger partial charge in [0.2, 0.25) is 5.88 Å². The van der Waals surface area contributed by atoms with E-state index in [0.29, 0.717) is 48.3 Å². The highest BCUT2D eigenvalue weighted by molar-refractivity contribution is 5.90. The molecule has 0 saturated carbocycles. The van der Waals surface area contributed by atoms with Crippen molar-refractivity contribution in [3.63, 3.8) is 0 Å². The molecule has 3 atom stereocenters. The molecular weight excluding hydrogens is 456 g/mol. The number of cyclic esters (lactones) is 1. The topological polar surface area (TPSA) is 136 Å². The third-order valence-electron chi connectivity index (χ3n) is 5.96. The van der Waals surface area contributed by atoms with Crippen LogP contribution in [0.15, 0.2) is 42.6 Å². The Morgan fingerprint density at radius 2 is 2.03 bits per heavy atom. The number of aliphatic hydroxyl groups is 2. The van der Waals surface area contributed by atoms with Crippen molar-refractivity contribution in [3.8, 4) is 17.4 Å². The number of anilines is 1. The van der Waals surface area contributed by atoms with Crippen molar-refractivity contribution >= 4 is 22.8 Å². The van der Waals surface area contributed by atoms with Crippen molar-refractivity contribution in [1.29, 1.82) is 0 Å². The van der Waals surface area contributed by atoms with Gasteiger partial charge in [-0.25, -0.2) is 14.8 Å². The van der Waals surface area contributed by atoms with Gasteiger partial charge in [0.15, 0.2) is 17.6 Å². The second kappa shape index (κ2) is 9.90. The number of fused-ring (bicyclic) bond motifs is 2. The number of amides is 1. The molecule has 2 aromatic carbocycles. The van der Waals surface area contributed by atoms with E-state index in [-0.39, 0.29) is 13.1 Å². The Morgan fingerprint density at radius 3 is 2.86 bits per heavy atom. The standard InChI is InChI=1S/C24H26N4O7/c1-32-21-12-26-16-4-2-3-14(22(16)27-21)10-25-11-17(29)23(30)20-13-28(24(31)35-20)15-5-6-18-19(9-15)34-8-7-33-18/h2-6,9,12,17,20,23,25,29-30H,7-8,10-11,13H2,1H3/t17-,20?,23+/m0/s1. The first kappa shape index (κ1) is 23.1. The maximum atomic E-state index is 12.5. The molecule has 11 nitrogen and oxygen atoms in total. The smallest absolute Gasteiger partial charge is 0.414 e. The number of benzene rings is 2. The zero-order chi connectivity index (χ0) is 24.4. The molecule has 0 spiro atoms. The number of rotatable bonds is 8. The van der Waals surface area contributed by atoms with Crippen LogP contribution in [0.25, 0.3) is 11.0 Å². The van der Waals surface area contributed by atoms with Crippen molar-refractivity contribution < 1.29 is 34.0 Å². The van der Waals surface area contributed by atoms with Gasteiger partial charge in [0.1, 0.15) is 19.3 Å². The predicted molar refractivity (Wildman–Crippen MR) is 125 cm³/mol. The van der Waals surface area contributed by atoms with E-state index in [4.69, 9.17) is 18.9 Å². The van der Waals surface area contributed by atoms with Crippen LogP contribution in [0.3, 0.4) is 0 Å². The fourth-order valence-corrected chi connectivity index (χ4v) is 4.11. The summed E-state index contributed by atoms with van der Waals surface area (Å²) in [4.78, 5) is 22.6. The van der Waals surface area contributed by atoms with Crippen molar-refractivity contribution in [2.75, 3.05) is 38.3 Å². The molecule has 1 unspecified atom stereocenters. The zero-order valence-electron chi connectivity index (χ0n) is 19.1. The van der Waals surface area contributed by atoms with Crippen molar-refractivity contribution in [2.45, 2.75) is 24.9 Å². The van der Waals surface area contributed by atoms with Crippen LogP contribution in [0, 0.1) is 0 Å². The van der Waals surface area contributed by atoms with Crippen LogP contribution in [-0.4, -0.2) is 78.0 Å². The van der Waals surface area contributed by atoms with Gasteiger partial charge < -0.3 is 34.5 Å². The van der Waals surface area contributed by atoms with Gasteiger partial charge >= 0.3 is 6.09 Å². The zero-order valence-corrected chi connectivity index (χ0v) is 19.1. The molecule has 0 aliphatic carbocycles. The van der Waals surface area contributed by atoms with E-state index in [1.807, 2.05) is 18.2 Å². The first-order valence-electron chi connectivity index (χ1n) is 11.3. The Bertz CT molecular complexity index is 1220. The highest BCUT2D eigenvalue weighted by Crippen LogP contribution is 2.35. The summed E-state index contributed by atoms with van der Waals surface area (Å²) in [6, 6.07) is 10.8. The molecular formula is C24H26N4O7. The first-order chi connectivity index (χ1) is 17.0. The number of aliphatic hydroxyl groups excluding tert-OH is 2. The average Bonchev–Trinajstić information content (AvgIpc) is 3.29. The third-order valence-corrected chi connectivity index (χ3v) is 5.96. The van der Waals surface area contributed by atoms with E-state index in [1.165, 1.54) is 12.0 Å². The lowest BCUT2D eigenvalue weighted by Gasteiger charge is -2.23. The highest BCUT2D eigenvalue weighted by Gasteiger charge is 2.39. The van der Waals surface area contributed by atoms with Crippen LogP contribution < -0.4 is 24.4 Å². The Balaban J connectivity index is 1.19. The molecule has 11 heteroatoms. The second-order valence-corrected chi connectivity index (χ2v) is 8.25. The predicted octanol–water partition coefficient (Wildman–Crippen LogP) is 1.25. The maximum Gasteiger partial charge on any atom is 0.414 e. The molecule has 1 amide bonds. The number of ether oxygens (including phenoxy) is 4. The van der Waals surface area contributed by atoms with E-state index in [2.05, 4.69) is 15.3 Å². The Morgan fingerprint density at radius 1 is 1.20 bits per heavy atom. The molecule has 1 saturated heterocycles. The summed E-state index contributed by atoms with van der Waals surface area (Å²) in [7, 11) is 1.53. The lowest BCUT2D eigenvalue weighted by molar-refractivity contribution is -0.0460. The Hall–Kier alpha value is -3.67. The van der Waals surface area contributed by atoms with Crippen LogP contribution in [-0.2, 0) is 11.3 Å². The van der Waals surface area contributed by atoms with Crippen LogP contribution in [0.5, 0.6) is 17.4 Å². The number of carbonyl (C=O) groups is 1. The molecule has 3 aromatic rings. The molecule has 0 bridgehead atoms. The lowest BCUT2D eigenvalue weighted by Crippen LogP contribution is -2.44. The van der Waals surface area contributed by atoms with Crippen LogP contribution in [0.2, 0.25) is 0 Å². The van der Waals surface area contributed by atoms with Crippen molar-refractivity contribution in [1.82, 2.24) is 15.3 Å². The van der Waals surface area contributed by atoms with E-state index in [1.54, 1.807) is 24.4 Å². The van der Waals surface area contributed by atoms with Gasteiger partial charge in [0.25, 0.3) is 0 Å². The molecule has 2 aliphatic heterocycles. The summed E-state index contributed by atoms with van der Waals surface area (Å²) in [5, 5.41) is 24.3. The first-order valence-corrected chi connectivity index (χ1v) is 11.3. The minimum absolute atomic E-state index is 0.0764. The minimum atomic E-state index is -1.28. The molecule has 3 N–H and O–H groups in total. The molecule has 3 heterocycles. The summed E-state index contributed by atoms with van der Waals surface area (Å²) in [5.41, 5.74) is 2.85. The normalized spacial score (nSPS) is 18.9. The molecule has 1 fully saturated rings. The SMILES string of the molecule is COc1cnc2cccc(CNC[C@H](O)[C@@H](O)C3CN(c4ccc5c(c4)OCCO5)C(=O)O3)c2n1. The number of methoxy groups -OCH3 is 1. The Labute approximate surface area is 201 Å². The molecule has 35 heavy (non-hydrogen) atoms. The molecule has 2 aliphatic rings. The molecule has 5 rings (SSSR count). The minimum Gasteiger partial charge on any atom is -0.486 e. The van der Waals surface area contributed by atoms with Gasteiger partial charge in [-0.15, -0.1) is 0 Å². The number of nitrogens with zero attached hydrogens (tertiary/aromatic N) is 3. The quantitative estimate of drug-likeness (QED) is 0.430. The van der Waals surface area contributed by atoms with Gasteiger partial charge in [-0.3, -0.25) is 4.90 Å². The van der Waals surface area contributed by atoms with E-state index < -0.39 is 24.4 Å². The summed E-state index contributed by atoms with van der Waals surface area (Å²) in [6.45, 7) is 1.46. The lowest BCUT2D eigenvalue weighted by atomic mass is 10.1. The van der Waals surface area contributed by atoms with Crippen molar-refractivity contribution in [3.05, 3.63) is 48.2 Å². The number of hydrogen-bond acceptors (Lipinski definition) is 10. The fraction of sp³-hybridized carbons (Fsp3) is 0.375. The fourth-order valence-electron chi connectivity index (χ4n) is 4.11. The van der Waals surface area contributed by atoms with Crippen LogP contribution in [0.4, 0.5) is 10.5 Å². The number of hydrogen-bond donors (Lipinski definition) is 3. The van der Waals surface area contributed by atoms with Gasteiger partial charge in [0.05, 0.1) is 42.7 Å². The van der Waals surface area contributed by atoms with Gasteiger partial charge in [-0.05, 0) is 23.8 Å². The monoisotopic (exact) mass is 482 g/mol. The van der Waals surface area contributed by atoms with E-state index >= 15 is 0 Å². The largest absolute Gasteiger partial charge is 0.486 e. The second-order valence-electron chi connectivity index (χ2n) is 8.25. The highest BCUT2D eigenvalue weighted by atomic mass is 16.6. The average molecular weight is 482 g/mol. The molecule has 0 radical (unpaired) electrons. The van der Waals surface area contributed by atoms with Gasteiger partial charge in [-0.1, -0.05) is 12.1 Å². The summed E-state index contributed by atoms with van der Waals surface area (Å²) < 4.78 is 21.6. The number of carbonyl (C=O) groups excluding carboxylic acids is 1. The van der Waals surface area contributed by atoms with Gasteiger partial charge in [-0.2, -0.15) is 0 Å². The number of nitrogens with one attached hydrogen (secondary N) is 1. The molecule has 184 valence electrons. The van der Waals surface area contributed by atoms with Crippen LogP contribution in [0.1, 0.15) is 5.56 Å². The van der Waals surface area contributed by atoms with Crippen molar-refractivity contribution in [2.24, 2.45) is 0 Å². The maximum absolute atomic E-state index is 12.5. The summed E-state index contributed by atoms with van der Waals surface area (Å²) in [6.07, 6.45) is -2.38. The summed E-state index contributed by atoms with van der Waals surface area (Å²) in [5.74, 6) is 1.57. The number of para-hydroxylation sites is 1. The number of aromatic nitrogens is 2.